The van der Waals surface area contributed by atoms with Gasteiger partial charge in [0.15, 0.2) is 0 Å². The first-order chi connectivity index (χ1) is 10.8. The standard InChI is InChI=1S/C18H18N2O2/c1-21-11-12-22-14-7-5-13(6-8-14)15-3-2-4-16-17(19)9-10-20-18(15)16/h2-10H,11-12H2,1H3,(H2,19,20). The number of para-hydroxylation sites is 1. The molecule has 22 heavy (non-hydrogen) atoms. The molecule has 3 rings (SSSR count). The van der Waals surface area contributed by atoms with Crippen molar-refractivity contribution in [3.63, 3.8) is 0 Å². The topological polar surface area (TPSA) is 57.4 Å². The molecule has 0 radical (unpaired) electrons. The average molecular weight is 294 g/mol. The maximum absolute atomic E-state index is 6.02. The van der Waals surface area contributed by atoms with Crippen molar-refractivity contribution in [3.05, 3.63) is 54.7 Å². The van der Waals surface area contributed by atoms with Crippen molar-refractivity contribution < 1.29 is 9.47 Å². The number of rotatable bonds is 5. The highest BCUT2D eigenvalue weighted by atomic mass is 16.5. The maximum atomic E-state index is 6.02. The molecule has 0 atom stereocenters. The van der Waals surface area contributed by atoms with Crippen LogP contribution in [0, 0.1) is 0 Å². The number of nitrogens with zero attached hydrogens (tertiary/aromatic N) is 1. The van der Waals surface area contributed by atoms with Gasteiger partial charge in [-0.15, -0.1) is 0 Å². The van der Waals surface area contributed by atoms with Gasteiger partial charge in [-0.3, -0.25) is 4.98 Å². The van der Waals surface area contributed by atoms with Crippen molar-refractivity contribution >= 4 is 16.6 Å². The lowest BCUT2D eigenvalue weighted by atomic mass is 10.0. The third-order valence-electron chi connectivity index (χ3n) is 3.53. The van der Waals surface area contributed by atoms with Crippen LogP contribution in [0.1, 0.15) is 0 Å². The number of pyridine rings is 1. The highest BCUT2D eigenvalue weighted by Gasteiger charge is 2.07. The second-order valence-electron chi connectivity index (χ2n) is 4.97. The van der Waals surface area contributed by atoms with E-state index < -0.39 is 0 Å². The van der Waals surface area contributed by atoms with Crippen molar-refractivity contribution in [1.29, 1.82) is 0 Å². The number of methoxy groups -OCH3 is 1. The van der Waals surface area contributed by atoms with E-state index in [4.69, 9.17) is 15.2 Å². The van der Waals surface area contributed by atoms with Crippen LogP contribution in [0.2, 0.25) is 0 Å². The molecule has 1 heterocycles. The number of aromatic nitrogens is 1. The molecule has 0 saturated carbocycles. The minimum Gasteiger partial charge on any atom is -0.491 e. The molecule has 0 aliphatic rings. The van der Waals surface area contributed by atoms with Crippen LogP contribution >= 0.6 is 0 Å². The maximum Gasteiger partial charge on any atom is 0.119 e. The van der Waals surface area contributed by atoms with Crippen molar-refractivity contribution in [1.82, 2.24) is 4.98 Å². The van der Waals surface area contributed by atoms with E-state index in [1.807, 2.05) is 42.5 Å². The number of fused-ring (bicyclic) bond motifs is 1. The predicted molar refractivity (Wildman–Crippen MR) is 89.0 cm³/mol. The van der Waals surface area contributed by atoms with Gasteiger partial charge in [0.05, 0.1) is 12.1 Å². The summed E-state index contributed by atoms with van der Waals surface area (Å²) < 4.78 is 10.6. The first-order valence-electron chi connectivity index (χ1n) is 7.15. The lowest BCUT2D eigenvalue weighted by Crippen LogP contribution is -2.03. The summed E-state index contributed by atoms with van der Waals surface area (Å²) in [5.41, 5.74) is 9.83. The summed E-state index contributed by atoms with van der Waals surface area (Å²) in [6, 6.07) is 15.8. The Bertz CT molecular complexity index is 770. The lowest BCUT2D eigenvalue weighted by Gasteiger charge is -2.09. The van der Waals surface area contributed by atoms with Gasteiger partial charge < -0.3 is 15.2 Å². The van der Waals surface area contributed by atoms with Crippen LogP contribution < -0.4 is 10.5 Å². The summed E-state index contributed by atoms with van der Waals surface area (Å²) in [5, 5.41) is 0.973. The van der Waals surface area contributed by atoms with Crippen molar-refractivity contribution in [2.45, 2.75) is 0 Å². The van der Waals surface area contributed by atoms with Crippen LogP contribution in [-0.2, 0) is 4.74 Å². The highest BCUT2D eigenvalue weighted by molar-refractivity contribution is 5.99. The summed E-state index contributed by atoms with van der Waals surface area (Å²) in [4.78, 5) is 4.47. The summed E-state index contributed by atoms with van der Waals surface area (Å²) in [6.45, 7) is 1.12. The number of nitrogens with two attached hydrogens (primary N) is 1. The molecule has 4 nitrogen and oxygen atoms in total. The van der Waals surface area contributed by atoms with Crippen LogP contribution in [0.5, 0.6) is 5.75 Å². The van der Waals surface area contributed by atoms with Gasteiger partial charge in [0.2, 0.25) is 0 Å². The Kier molecular flexibility index (Phi) is 4.21. The third-order valence-corrected chi connectivity index (χ3v) is 3.53. The quantitative estimate of drug-likeness (QED) is 0.732. The monoisotopic (exact) mass is 294 g/mol. The van der Waals surface area contributed by atoms with E-state index in [2.05, 4.69) is 11.1 Å². The fraction of sp³-hybridized carbons (Fsp3) is 0.167. The Hall–Kier alpha value is -2.59. The molecule has 0 unspecified atom stereocenters. The molecular formula is C18H18N2O2. The molecule has 0 saturated heterocycles. The zero-order chi connectivity index (χ0) is 15.4. The van der Waals surface area contributed by atoms with Crippen LogP contribution in [0.15, 0.2) is 54.7 Å². The zero-order valence-electron chi connectivity index (χ0n) is 12.5. The molecule has 0 aliphatic heterocycles. The Morgan fingerprint density at radius 2 is 1.82 bits per heavy atom. The summed E-state index contributed by atoms with van der Waals surface area (Å²) in [5.74, 6) is 0.827. The SMILES string of the molecule is COCCOc1ccc(-c2cccc3c(N)ccnc23)cc1. The van der Waals surface area contributed by atoms with E-state index in [-0.39, 0.29) is 0 Å². The second-order valence-corrected chi connectivity index (χ2v) is 4.97. The Labute approximate surface area is 129 Å². The van der Waals surface area contributed by atoms with E-state index in [0.29, 0.717) is 13.2 Å². The van der Waals surface area contributed by atoms with Gasteiger partial charge >= 0.3 is 0 Å². The minimum absolute atomic E-state index is 0.544. The minimum atomic E-state index is 0.544. The van der Waals surface area contributed by atoms with Gasteiger partial charge in [0.1, 0.15) is 12.4 Å². The molecule has 0 spiro atoms. The second kappa shape index (κ2) is 6.45. The number of anilines is 1. The largest absolute Gasteiger partial charge is 0.491 e. The molecule has 2 aromatic carbocycles. The van der Waals surface area contributed by atoms with Crippen LogP contribution in [-0.4, -0.2) is 25.3 Å². The molecule has 112 valence electrons. The van der Waals surface area contributed by atoms with E-state index in [1.54, 1.807) is 13.3 Å². The summed E-state index contributed by atoms with van der Waals surface area (Å²) >= 11 is 0. The van der Waals surface area contributed by atoms with Gasteiger partial charge in [0, 0.05) is 29.9 Å². The van der Waals surface area contributed by atoms with Gasteiger partial charge in [-0.1, -0.05) is 30.3 Å². The molecule has 2 N–H and O–H groups in total. The molecule has 1 aromatic heterocycles. The lowest BCUT2D eigenvalue weighted by molar-refractivity contribution is 0.146. The smallest absolute Gasteiger partial charge is 0.119 e. The van der Waals surface area contributed by atoms with Gasteiger partial charge in [0.25, 0.3) is 0 Å². The van der Waals surface area contributed by atoms with Gasteiger partial charge in [-0.2, -0.15) is 0 Å². The molecule has 4 heteroatoms. The van der Waals surface area contributed by atoms with Crippen LogP contribution in [0.4, 0.5) is 5.69 Å². The van der Waals surface area contributed by atoms with E-state index in [9.17, 15) is 0 Å². The molecule has 0 amide bonds. The van der Waals surface area contributed by atoms with Crippen molar-refractivity contribution in [2.24, 2.45) is 0 Å². The number of hydrogen-bond acceptors (Lipinski definition) is 4. The van der Waals surface area contributed by atoms with Crippen LogP contribution in [0.25, 0.3) is 22.0 Å². The van der Waals surface area contributed by atoms with Crippen molar-refractivity contribution in [3.8, 4) is 16.9 Å². The highest BCUT2D eigenvalue weighted by Crippen LogP contribution is 2.30. The fourth-order valence-electron chi connectivity index (χ4n) is 2.40. The Morgan fingerprint density at radius 1 is 1.00 bits per heavy atom. The Morgan fingerprint density at radius 3 is 2.59 bits per heavy atom. The number of hydrogen-bond donors (Lipinski definition) is 1. The molecule has 3 aromatic rings. The molecule has 0 fully saturated rings. The summed E-state index contributed by atoms with van der Waals surface area (Å²) in [7, 11) is 1.66. The first kappa shape index (κ1) is 14.4. The average Bonchev–Trinajstić information content (AvgIpc) is 2.56. The number of ether oxygens (including phenoxy) is 2. The van der Waals surface area contributed by atoms with Crippen molar-refractivity contribution in [2.75, 3.05) is 26.1 Å². The summed E-state index contributed by atoms with van der Waals surface area (Å²) in [6.07, 6.45) is 1.74. The van der Waals surface area contributed by atoms with E-state index in [0.717, 1.165) is 33.5 Å². The van der Waals surface area contributed by atoms with Crippen LogP contribution in [0.3, 0.4) is 0 Å². The zero-order valence-corrected chi connectivity index (χ0v) is 12.5. The normalized spacial score (nSPS) is 10.8. The predicted octanol–water partition coefficient (Wildman–Crippen LogP) is 3.51. The first-order valence-corrected chi connectivity index (χ1v) is 7.15. The van der Waals surface area contributed by atoms with E-state index in [1.165, 1.54) is 0 Å². The number of benzene rings is 2. The molecular weight excluding hydrogens is 276 g/mol. The van der Waals surface area contributed by atoms with E-state index >= 15 is 0 Å². The fourth-order valence-corrected chi connectivity index (χ4v) is 2.40. The Balaban J connectivity index is 1.93. The third kappa shape index (κ3) is 2.87. The molecule has 0 bridgehead atoms. The van der Waals surface area contributed by atoms with Gasteiger partial charge in [-0.25, -0.2) is 0 Å². The molecule has 0 aliphatic carbocycles. The van der Waals surface area contributed by atoms with Gasteiger partial charge in [-0.05, 0) is 23.8 Å². The number of nitrogen functional groups attached to an aromatic ring is 1.